The van der Waals surface area contributed by atoms with Crippen molar-refractivity contribution in [2.24, 2.45) is 0 Å². The third kappa shape index (κ3) is 3.38. The number of ether oxygens (including phenoxy) is 1. The number of carbonyl (C=O) groups excluding carboxylic acids is 1. The minimum absolute atomic E-state index is 0.133. The Labute approximate surface area is 121 Å². The Morgan fingerprint density at radius 2 is 1.90 bits per heavy atom. The molecule has 4 nitrogen and oxygen atoms in total. The van der Waals surface area contributed by atoms with Crippen molar-refractivity contribution in [2.45, 2.75) is 18.3 Å². The Balaban J connectivity index is 2.13. The zero-order valence-electron chi connectivity index (χ0n) is 12.4. The first-order valence-electron chi connectivity index (χ1n) is 7.21. The average Bonchev–Trinajstić information content (AvgIpc) is 2.48. The van der Waals surface area contributed by atoms with E-state index in [0.29, 0.717) is 19.8 Å². The highest BCUT2D eigenvalue weighted by Gasteiger charge is 2.41. The van der Waals surface area contributed by atoms with Crippen LogP contribution in [0.5, 0.6) is 0 Å². The van der Waals surface area contributed by atoms with E-state index in [1.54, 1.807) is 0 Å². The Morgan fingerprint density at radius 3 is 2.50 bits per heavy atom. The Bertz CT molecular complexity index is 425. The van der Waals surface area contributed by atoms with Crippen molar-refractivity contribution in [3.63, 3.8) is 0 Å². The van der Waals surface area contributed by atoms with Gasteiger partial charge in [-0.3, -0.25) is 4.79 Å². The standard InChI is InChI=1S/C16H24N2O2/c1-18(2)11-10-17-15(19)16(8-12-20-13-9-16)14-6-4-3-5-7-14/h3-7H,8-13H2,1-2H3,(H,17,19). The van der Waals surface area contributed by atoms with Crippen LogP contribution in [0.2, 0.25) is 0 Å². The highest BCUT2D eigenvalue weighted by molar-refractivity contribution is 5.88. The molecule has 0 unspecified atom stereocenters. The van der Waals surface area contributed by atoms with Gasteiger partial charge in [-0.05, 0) is 32.5 Å². The van der Waals surface area contributed by atoms with Gasteiger partial charge in [0.1, 0.15) is 0 Å². The number of nitrogens with one attached hydrogen (secondary N) is 1. The van der Waals surface area contributed by atoms with E-state index in [-0.39, 0.29) is 5.91 Å². The maximum absolute atomic E-state index is 12.7. The second-order valence-corrected chi connectivity index (χ2v) is 5.62. The van der Waals surface area contributed by atoms with Gasteiger partial charge in [0.15, 0.2) is 0 Å². The monoisotopic (exact) mass is 276 g/mol. The predicted octanol–water partition coefficient (Wildman–Crippen LogP) is 1.41. The fourth-order valence-electron chi connectivity index (χ4n) is 2.69. The first-order chi connectivity index (χ1) is 9.65. The highest BCUT2D eigenvalue weighted by Crippen LogP contribution is 2.34. The average molecular weight is 276 g/mol. The first kappa shape index (κ1) is 15.0. The van der Waals surface area contributed by atoms with Gasteiger partial charge in [0.25, 0.3) is 0 Å². The van der Waals surface area contributed by atoms with Crippen LogP contribution in [0.15, 0.2) is 30.3 Å². The van der Waals surface area contributed by atoms with Gasteiger partial charge in [-0.15, -0.1) is 0 Å². The molecule has 0 aliphatic carbocycles. The summed E-state index contributed by atoms with van der Waals surface area (Å²) in [6.07, 6.45) is 1.51. The Hall–Kier alpha value is -1.39. The molecule has 1 fully saturated rings. The maximum atomic E-state index is 12.7. The number of nitrogens with zero attached hydrogens (tertiary/aromatic N) is 1. The number of rotatable bonds is 5. The van der Waals surface area contributed by atoms with Crippen LogP contribution in [0.3, 0.4) is 0 Å². The molecule has 0 atom stereocenters. The SMILES string of the molecule is CN(C)CCNC(=O)C1(c2ccccc2)CCOCC1. The number of amides is 1. The lowest BCUT2D eigenvalue weighted by Gasteiger charge is -2.36. The first-order valence-corrected chi connectivity index (χ1v) is 7.21. The number of hydrogen-bond donors (Lipinski definition) is 1. The molecule has 0 spiro atoms. The normalized spacial score (nSPS) is 17.9. The zero-order valence-corrected chi connectivity index (χ0v) is 12.4. The van der Waals surface area contributed by atoms with Crippen LogP contribution in [0.1, 0.15) is 18.4 Å². The molecule has 20 heavy (non-hydrogen) atoms. The molecule has 1 aliphatic rings. The van der Waals surface area contributed by atoms with E-state index in [1.807, 2.05) is 32.3 Å². The van der Waals surface area contributed by atoms with Crippen LogP contribution in [0.4, 0.5) is 0 Å². The summed E-state index contributed by atoms with van der Waals surface area (Å²) in [5, 5.41) is 3.09. The largest absolute Gasteiger partial charge is 0.381 e. The summed E-state index contributed by atoms with van der Waals surface area (Å²) in [5.41, 5.74) is 0.678. The lowest BCUT2D eigenvalue weighted by molar-refractivity contribution is -0.130. The van der Waals surface area contributed by atoms with Crippen LogP contribution in [0.25, 0.3) is 0 Å². The van der Waals surface area contributed by atoms with Crippen molar-refractivity contribution < 1.29 is 9.53 Å². The predicted molar refractivity (Wildman–Crippen MR) is 79.7 cm³/mol. The van der Waals surface area contributed by atoms with Crippen molar-refractivity contribution in [1.29, 1.82) is 0 Å². The van der Waals surface area contributed by atoms with Gasteiger partial charge in [-0.25, -0.2) is 0 Å². The van der Waals surface area contributed by atoms with Gasteiger partial charge >= 0.3 is 0 Å². The summed E-state index contributed by atoms with van der Waals surface area (Å²) in [7, 11) is 4.02. The topological polar surface area (TPSA) is 41.6 Å². The molecule has 1 aliphatic heterocycles. The van der Waals surface area contributed by atoms with Crippen molar-refractivity contribution in [3.05, 3.63) is 35.9 Å². The summed E-state index contributed by atoms with van der Waals surface area (Å²) in [4.78, 5) is 14.8. The quantitative estimate of drug-likeness (QED) is 0.884. The van der Waals surface area contributed by atoms with Crippen molar-refractivity contribution >= 4 is 5.91 Å². The summed E-state index contributed by atoms with van der Waals surface area (Å²) >= 11 is 0. The van der Waals surface area contributed by atoms with Gasteiger partial charge < -0.3 is 15.0 Å². The van der Waals surface area contributed by atoms with E-state index in [1.165, 1.54) is 0 Å². The zero-order chi connectivity index (χ0) is 14.4. The van der Waals surface area contributed by atoms with Crippen molar-refractivity contribution in [3.8, 4) is 0 Å². The molecule has 0 aromatic heterocycles. The molecule has 1 N–H and O–H groups in total. The smallest absolute Gasteiger partial charge is 0.230 e. The van der Waals surface area contributed by atoms with Gasteiger partial charge in [-0.1, -0.05) is 30.3 Å². The molecule has 110 valence electrons. The van der Waals surface area contributed by atoms with E-state index < -0.39 is 5.41 Å². The van der Waals surface area contributed by atoms with E-state index in [2.05, 4.69) is 22.3 Å². The summed E-state index contributed by atoms with van der Waals surface area (Å²) in [5.74, 6) is 0.133. The number of benzene rings is 1. The van der Waals surface area contributed by atoms with E-state index in [0.717, 1.165) is 24.9 Å². The van der Waals surface area contributed by atoms with Gasteiger partial charge in [0.05, 0.1) is 5.41 Å². The molecule has 0 radical (unpaired) electrons. The van der Waals surface area contributed by atoms with Crippen LogP contribution in [-0.2, 0) is 14.9 Å². The number of likely N-dealkylation sites (N-methyl/N-ethyl adjacent to an activating group) is 1. The second kappa shape index (κ2) is 6.86. The maximum Gasteiger partial charge on any atom is 0.230 e. The fourth-order valence-corrected chi connectivity index (χ4v) is 2.69. The molecule has 0 saturated carbocycles. The Kier molecular flexibility index (Phi) is 5.15. The van der Waals surface area contributed by atoms with Crippen molar-refractivity contribution in [1.82, 2.24) is 10.2 Å². The van der Waals surface area contributed by atoms with Gasteiger partial charge in [0.2, 0.25) is 5.91 Å². The van der Waals surface area contributed by atoms with E-state index in [4.69, 9.17) is 4.74 Å². The molecule has 4 heteroatoms. The summed E-state index contributed by atoms with van der Waals surface area (Å²) in [6, 6.07) is 10.1. The van der Waals surface area contributed by atoms with Crippen LogP contribution >= 0.6 is 0 Å². The lowest BCUT2D eigenvalue weighted by atomic mass is 9.73. The minimum atomic E-state index is -0.425. The highest BCUT2D eigenvalue weighted by atomic mass is 16.5. The number of carbonyl (C=O) groups is 1. The van der Waals surface area contributed by atoms with E-state index in [9.17, 15) is 4.79 Å². The fraction of sp³-hybridized carbons (Fsp3) is 0.562. The molecule has 1 heterocycles. The van der Waals surface area contributed by atoms with Crippen LogP contribution < -0.4 is 5.32 Å². The van der Waals surface area contributed by atoms with Crippen LogP contribution in [0, 0.1) is 0 Å². The van der Waals surface area contributed by atoms with Crippen molar-refractivity contribution in [2.75, 3.05) is 40.4 Å². The molecule has 1 aromatic carbocycles. The molecular formula is C16H24N2O2. The molecule has 1 aromatic rings. The summed E-state index contributed by atoms with van der Waals surface area (Å²) in [6.45, 7) is 2.83. The lowest BCUT2D eigenvalue weighted by Crippen LogP contribution is -2.49. The van der Waals surface area contributed by atoms with Gasteiger partial charge in [-0.2, -0.15) is 0 Å². The molecule has 1 amide bonds. The number of hydrogen-bond acceptors (Lipinski definition) is 3. The van der Waals surface area contributed by atoms with Gasteiger partial charge in [0, 0.05) is 26.3 Å². The molecule has 1 saturated heterocycles. The Morgan fingerprint density at radius 1 is 1.25 bits per heavy atom. The van der Waals surface area contributed by atoms with Crippen LogP contribution in [-0.4, -0.2) is 51.2 Å². The molecule has 0 bridgehead atoms. The second-order valence-electron chi connectivity index (χ2n) is 5.62. The van der Waals surface area contributed by atoms with E-state index >= 15 is 0 Å². The molecule has 2 rings (SSSR count). The minimum Gasteiger partial charge on any atom is -0.381 e. The summed E-state index contributed by atoms with van der Waals surface area (Å²) < 4.78 is 5.45. The third-order valence-electron chi connectivity index (χ3n) is 3.95. The molecular weight excluding hydrogens is 252 g/mol. The third-order valence-corrected chi connectivity index (χ3v) is 3.95.